The number of aliphatic hydroxyl groups excluding tert-OH is 1. The fourth-order valence-corrected chi connectivity index (χ4v) is 11.8. The van der Waals surface area contributed by atoms with Crippen LogP contribution in [0.4, 0.5) is 0 Å². The highest BCUT2D eigenvalue weighted by molar-refractivity contribution is 5.72. The van der Waals surface area contributed by atoms with Gasteiger partial charge < -0.3 is 10.2 Å². The third-order valence-corrected chi connectivity index (χ3v) is 13.5. The molecule has 0 aromatic carbocycles. The summed E-state index contributed by atoms with van der Waals surface area (Å²) in [5, 5.41) is 20.9. The van der Waals surface area contributed by atoms with Crippen molar-refractivity contribution in [1.82, 2.24) is 0 Å². The van der Waals surface area contributed by atoms with Crippen LogP contribution < -0.4 is 0 Å². The Hall–Kier alpha value is -0.830. The summed E-state index contributed by atoms with van der Waals surface area (Å²) in [6.45, 7) is 14.8. The Labute approximate surface area is 194 Å². The van der Waals surface area contributed by atoms with Crippen molar-refractivity contribution in [3.8, 4) is 0 Å². The Morgan fingerprint density at radius 2 is 1.69 bits per heavy atom. The quantitative estimate of drug-likeness (QED) is 0.470. The number of rotatable bonds is 1. The molecular weight excluding hydrogens is 396 g/mol. The van der Waals surface area contributed by atoms with Crippen LogP contribution in [0.2, 0.25) is 0 Å². The largest absolute Gasteiger partial charge is 0.481 e. The molecule has 0 saturated heterocycles. The first kappa shape index (κ1) is 21.7. The van der Waals surface area contributed by atoms with Crippen LogP contribution in [0.3, 0.4) is 0 Å². The summed E-state index contributed by atoms with van der Waals surface area (Å²) >= 11 is 0. The molecule has 0 unspecified atom stereocenters. The average Bonchev–Trinajstić information content (AvgIpc) is 3.09. The fraction of sp³-hybridized carbons (Fsp3) is 0.897. The van der Waals surface area contributed by atoms with E-state index in [1.165, 1.54) is 25.7 Å². The molecule has 5 saturated carbocycles. The molecule has 6 aliphatic rings. The molecule has 3 nitrogen and oxygen atoms in total. The van der Waals surface area contributed by atoms with Crippen LogP contribution in [0.5, 0.6) is 0 Å². The molecule has 5 fully saturated rings. The maximum absolute atomic E-state index is 12.1. The first-order valence-corrected chi connectivity index (χ1v) is 13.4. The predicted octanol–water partition coefficient (Wildman–Crippen LogP) is 6.31. The van der Waals surface area contributed by atoms with E-state index in [0.717, 1.165) is 25.7 Å². The normalized spacial score (nSPS) is 59.6. The minimum absolute atomic E-state index is 0.00782. The maximum atomic E-state index is 12.1. The highest BCUT2D eigenvalue weighted by Crippen LogP contribution is 2.79. The fourth-order valence-electron chi connectivity index (χ4n) is 11.8. The van der Waals surface area contributed by atoms with Gasteiger partial charge in [-0.15, -0.1) is 0 Å². The van der Waals surface area contributed by atoms with Gasteiger partial charge in [0.2, 0.25) is 0 Å². The molecule has 2 N–H and O–H groups in total. The lowest BCUT2D eigenvalue weighted by molar-refractivity contribution is -0.200. The van der Waals surface area contributed by atoms with Gasteiger partial charge in [-0.3, -0.25) is 4.79 Å². The van der Waals surface area contributed by atoms with Crippen molar-refractivity contribution in [3.05, 3.63) is 11.6 Å². The van der Waals surface area contributed by atoms with E-state index in [1.54, 1.807) is 5.57 Å². The molecule has 6 rings (SSSR count). The lowest BCUT2D eigenvalue weighted by atomic mass is 9.35. The molecule has 0 aromatic heterocycles. The second kappa shape index (κ2) is 6.04. The standard InChI is InChI=1S/C29H44O3/c1-25(2)20-9-12-28(5)21(27(20,4)11-10-22(25)30)8-7-18-16-13-26(3)14-17(24(31)32)23(16)19(26)15-29(18,28)6/h7,16-17,19-23,30H,8-15H2,1-6H3,(H,31,32)/t16-,17-,19+,20-,21+,22-,23+,26-,27-,28+,29+/m0/s1. The molecule has 0 aromatic rings. The second-order valence-electron chi connectivity index (χ2n) is 14.7. The molecule has 0 amide bonds. The van der Waals surface area contributed by atoms with E-state index < -0.39 is 5.97 Å². The van der Waals surface area contributed by atoms with Crippen molar-refractivity contribution < 1.29 is 15.0 Å². The van der Waals surface area contributed by atoms with Gasteiger partial charge in [0.1, 0.15) is 0 Å². The SMILES string of the molecule is CC1(C)[C@@H](O)CC[C@]2(C)[C@H]3CC=C4[C@@H]5C[C@@]6(C)C[C@H](C(=O)O)[C@@H]5[C@H]6C[C@@]4(C)[C@]3(C)CC[C@@H]12. The third-order valence-electron chi connectivity index (χ3n) is 13.5. The van der Waals surface area contributed by atoms with Gasteiger partial charge in [-0.2, -0.15) is 0 Å². The predicted molar refractivity (Wildman–Crippen MR) is 126 cm³/mol. The van der Waals surface area contributed by atoms with Crippen LogP contribution in [0.25, 0.3) is 0 Å². The Morgan fingerprint density at radius 1 is 0.969 bits per heavy atom. The van der Waals surface area contributed by atoms with E-state index in [4.69, 9.17) is 0 Å². The molecule has 4 bridgehead atoms. The molecule has 11 atom stereocenters. The lowest BCUT2D eigenvalue weighted by Crippen LogP contribution is -2.63. The van der Waals surface area contributed by atoms with Crippen molar-refractivity contribution in [2.75, 3.05) is 0 Å². The summed E-state index contributed by atoms with van der Waals surface area (Å²) < 4.78 is 0. The third kappa shape index (κ3) is 2.22. The van der Waals surface area contributed by atoms with Gasteiger partial charge in [0, 0.05) is 0 Å². The molecule has 178 valence electrons. The molecule has 3 heteroatoms. The monoisotopic (exact) mass is 440 g/mol. The van der Waals surface area contributed by atoms with Gasteiger partial charge in [0.25, 0.3) is 0 Å². The van der Waals surface area contributed by atoms with Crippen molar-refractivity contribution in [1.29, 1.82) is 0 Å². The highest BCUT2D eigenvalue weighted by atomic mass is 16.4. The number of hydrogen-bond donors (Lipinski definition) is 2. The van der Waals surface area contributed by atoms with E-state index in [-0.39, 0.29) is 39.1 Å². The van der Waals surface area contributed by atoms with E-state index in [0.29, 0.717) is 29.6 Å². The minimum atomic E-state index is -0.548. The topological polar surface area (TPSA) is 57.5 Å². The Balaban J connectivity index is 1.43. The molecule has 0 spiro atoms. The van der Waals surface area contributed by atoms with Gasteiger partial charge in [0.05, 0.1) is 12.0 Å². The number of hydrogen-bond acceptors (Lipinski definition) is 2. The van der Waals surface area contributed by atoms with E-state index in [1.807, 2.05) is 0 Å². The van der Waals surface area contributed by atoms with Gasteiger partial charge in [-0.1, -0.05) is 53.2 Å². The Morgan fingerprint density at radius 3 is 2.38 bits per heavy atom. The summed E-state index contributed by atoms with van der Waals surface area (Å²) in [4.78, 5) is 12.1. The molecule has 0 radical (unpaired) electrons. The summed E-state index contributed by atoms with van der Waals surface area (Å²) in [7, 11) is 0. The number of aliphatic carboxylic acids is 1. The van der Waals surface area contributed by atoms with Crippen LogP contribution in [0.15, 0.2) is 11.6 Å². The van der Waals surface area contributed by atoms with Crippen LogP contribution in [0.1, 0.15) is 92.9 Å². The maximum Gasteiger partial charge on any atom is 0.306 e. The van der Waals surface area contributed by atoms with Gasteiger partial charge >= 0.3 is 5.97 Å². The highest BCUT2D eigenvalue weighted by Gasteiger charge is 2.73. The van der Waals surface area contributed by atoms with Crippen molar-refractivity contribution in [2.24, 2.45) is 62.6 Å². The number of carboxylic acids is 1. The summed E-state index contributed by atoms with van der Waals surface area (Å²) in [6, 6.07) is 0. The number of carboxylic acid groups (broad SMARTS) is 1. The van der Waals surface area contributed by atoms with Crippen LogP contribution in [-0.4, -0.2) is 22.3 Å². The number of allylic oxidation sites excluding steroid dienone is 2. The van der Waals surface area contributed by atoms with Crippen molar-refractivity contribution >= 4 is 5.97 Å². The number of carbonyl (C=O) groups is 1. The molecule has 32 heavy (non-hydrogen) atoms. The van der Waals surface area contributed by atoms with Crippen molar-refractivity contribution in [3.63, 3.8) is 0 Å². The zero-order valence-electron chi connectivity index (χ0n) is 21.1. The molecule has 0 aliphatic heterocycles. The minimum Gasteiger partial charge on any atom is -0.481 e. The van der Waals surface area contributed by atoms with Crippen LogP contribution >= 0.6 is 0 Å². The van der Waals surface area contributed by atoms with Crippen LogP contribution in [-0.2, 0) is 4.79 Å². The summed E-state index contributed by atoms with van der Waals surface area (Å²) in [5.74, 6) is 2.00. The van der Waals surface area contributed by atoms with Gasteiger partial charge in [-0.05, 0) is 108 Å². The zero-order valence-corrected chi connectivity index (χ0v) is 21.1. The first-order valence-electron chi connectivity index (χ1n) is 13.4. The summed E-state index contributed by atoms with van der Waals surface area (Å²) in [5.41, 5.74) is 2.61. The van der Waals surface area contributed by atoms with Crippen molar-refractivity contribution in [2.45, 2.75) is 99.0 Å². The second-order valence-corrected chi connectivity index (χ2v) is 14.7. The van der Waals surface area contributed by atoms with Crippen LogP contribution in [0, 0.1) is 62.6 Å². The molecular formula is C29H44O3. The zero-order chi connectivity index (χ0) is 23.1. The average molecular weight is 441 g/mol. The van der Waals surface area contributed by atoms with E-state index >= 15 is 0 Å². The smallest absolute Gasteiger partial charge is 0.306 e. The van der Waals surface area contributed by atoms with Gasteiger partial charge in [-0.25, -0.2) is 0 Å². The van der Waals surface area contributed by atoms with E-state index in [2.05, 4.69) is 47.6 Å². The Bertz CT molecular complexity index is 904. The molecule has 6 aliphatic carbocycles. The molecule has 0 heterocycles. The van der Waals surface area contributed by atoms with Gasteiger partial charge in [0.15, 0.2) is 0 Å². The summed E-state index contributed by atoms with van der Waals surface area (Å²) in [6.07, 6.45) is 11.5. The number of fused-ring (bicyclic) bond motifs is 6. The first-order chi connectivity index (χ1) is 14.8. The Kier molecular flexibility index (Phi) is 4.10. The van der Waals surface area contributed by atoms with E-state index in [9.17, 15) is 15.0 Å². The lowest BCUT2D eigenvalue weighted by Gasteiger charge is -2.70. The number of aliphatic hydroxyl groups is 1.